The Morgan fingerprint density at radius 1 is 1.15 bits per heavy atom. The van der Waals surface area contributed by atoms with Crippen molar-refractivity contribution in [2.45, 2.75) is 19.5 Å². The molecule has 0 fully saturated rings. The van der Waals surface area contributed by atoms with Crippen molar-refractivity contribution in [2.75, 3.05) is 0 Å². The zero-order valence-electron chi connectivity index (χ0n) is 14.2. The van der Waals surface area contributed by atoms with E-state index in [1.807, 2.05) is 54.8 Å². The van der Waals surface area contributed by atoms with Gasteiger partial charge in [-0.25, -0.2) is 4.68 Å². The second-order valence-electron chi connectivity index (χ2n) is 6.16. The van der Waals surface area contributed by atoms with Crippen molar-refractivity contribution in [1.82, 2.24) is 15.1 Å². The van der Waals surface area contributed by atoms with Crippen molar-refractivity contribution in [3.05, 3.63) is 76.0 Å². The standard InChI is InChI=1S/C20H17N3O2S/c1-13(15-8-4-6-14-5-2-3-7-16(14)15)22-19(24)12-23-20(25)17-9-10-26-18(17)11-21-23/h2-11,13H,12H2,1H3,(H,22,24)/t13-/m0/s1. The van der Waals surface area contributed by atoms with E-state index >= 15 is 0 Å². The van der Waals surface area contributed by atoms with E-state index in [1.54, 1.807) is 12.3 Å². The van der Waals surface area contributed by atoms with Gasteiger partial charge < -0.3 is 5.32 Å². The zero-order chi connectivity index (χ0) is 18.1. The molecule has 0 aliphatic carbocycles. The quantitative estimate of drug-likeness (QED) is 0.604. The summed E-state index contributed by atoms with van der Waals surface area (Å²) in [7, 11) is 0. The van der Waals surface area contributed by atoms with Crippen LogP contribution >= 0.6 is 11.3 Å². The van der Waals surface area contributed by atoms with Crippen molar-refractivity contribution < 1.29 is 4.79 Å². The van der Waals surface area contributed by atoms with Crippen LogP contribution in [-0.2, 0) is 11.3 Å². The molecule has 2 aromatic carbocycles. The highest BCUT2D eigenvalue weighted by molar-refractivity contribution is 7.17. The van der Waals surface area contributed by atoms with Crippen LogP contribution in [0.5, 0.6) is 0 Å². The fourth-order valence-corrected chi connectivity index (χ4v) is 3.89. The molecule has 5 nitrogen and oxygen atoms in total. The molecule has 1 N–H and O–H groups in total. The maximum absolute atomic E-state index is 12.5. The lowest BCUT2D eigenvalue weighted by Gasteiger charge is -2.17. The van der Waals surface area contributed by atoms with E-state index in [0.29, 0.717) is 5.39 Å². The SMILES string of the molecule is C[C@H](NC(=O)Cn1ncc2sccc2c1=O)c1cccc2ccccc12. The summed E-state index contributed by atoms with van der Waals surface area (Å²) in [5.41, 5.74) is 0.807. The van der Waals surface area contributed by atoms with Crippen LogP contribution in [0.3, 0.4) is 0 Å². The molecule has 2 heterocycles. The minimum Gasteiger partial charge on any atom is -0.348 e. The Kier molecular flexibility index (Phi) is 4.26. The molecule has 4 rings (SSSR count). The molecule has 1 amide bonds. The topological polar surface area (TPSA) is 64.0 Å². The Morgan fingerprint density at radius 3 is 2.85 bits per heavy atom. The summed E-state index contributed by atoms with van der Waals surface area (Å²) in [5.74, 6) is -0.241. The molecule has 1 atom stereocenters. The predicted molar refractivity (Wildman–Crippen MR) is 104 cm³/mol. The number of rotatable bonds is 4. The van der Waals surface area contributed by atoms with Crippen molar-refractivity contribution >= 4 is 38.1 Å². The van der Waals surface area contributed by atoms with Gasteiger partial charge in [0.15, 0.2) is 0 Å². The van der Waals surface area contributed by atoms with Crippen molar-refractivity contribution in [3.8, 4) is 0 Å². The number of carbonyl (C=O) groups excluding carboxylic acids is 1. The Hall–Kier alpha value is -2.99. The smallest absolute Gasteiger partial charge is 0.275 e. The van der Waals surface area contributed by atoms with Gasteiger partial charge in [0.2, 0.25) is 5.91 Å². The summed E-state index contributed by atoms with van der Waals surface area (Å²) in [6.07, 6.45) is 1.63. The first-order valence-corrected chi connectivity index (χ1v) is 9.22. The molecule has 6 heteroatoms. The van der Waals surface area contributed by atoms with Gasteiger partial charge in [-0.1, -0.05) is 42.5 Å². The van der Waals surface area contributed by atoms with Crippen molar-refractivity contribution in [3.63, 3.8) is 0 Å². The predicted octanol–water partition coefficient (Wildman–Crippen LogP) is 3.49. The summed E-state index contributed by atoms with van der Waals surface area (Å²) in [6.45, 7) is 1.84. The van der Waals surface area contributed by atoms with E-state index in [4.69, 9.17) is 0 Å². The Morgan fingerprint density at radius 2 is 1.96 bits per heavy atom. The van der Waals surface area contributed by atoms with Gasteiger partial charge >= 0.3 is 0 Å². The van der Waals surface area contributed by atoms with E-state index in [1.165, 1.54) is 16.0 Å². The van der Waals surface area contributed by atoms with E-state index in [0.717, 1.165) is 21.0 Å². The maximum atomic E-state index is 12.5. The molecular formula is C20H17N3O2S. The number of thiophene rings is 1. The summed E-state index contributed by atoms with van der Waals surface area (Å²) in [5, 5.41) is 11.8. The number of nitrogens with zero attached hydrogens (tertiary/aromatic N) is 2. The average Bonchev–Trinajstić information content (AvgIpc) is 3.13. The molecule has 0 aliphatic heterocycles. The summed E-state index contributed by atoms with van der Waals surface area (Å²) in [4.78, 5) is 24.8. The van der Waals surface area contributed by atoms with Crippen LogP contribution in [0.4, 0.5) is 0 Å². The first-order chi connectivity index (χ1) is 12.6. The number of benzene rings is 2. The number of hydrogen-bond acceptors (Lipinski definition) is 4. The van der Waals surface area contributed by atoms with Gasteiger partial charge in [-0.15, -0.1) is 11.3 Å². The van der Waals surface area contributed by atoms with Gasteiger partial charge in [-0.05, 0) is 34.7 Å². The fourth-order valence-electron chi connectivity index (χ4n) is 3.15. The van der Waals surface area contributed by atoms with E-state index in [9.17, 15) is 9.59 Å². The number of hydrogen-bond donors (Lipinski definition) is 1. The molecule has 0 spiro atoms. The Labute approximate surface area is 153 Å². The molecule has 0 radical (unpaired) electrons. The van der Waals surface area contributed by atoms with E-state index in [2.05, 4.69) is 10.4 Å². The van der Waals surface area contributed by atoms with Gasteiger partial charge in [0.25, 0.3) is 5.56 Å². The summed E-state index contributed by atoms with van der Waals surface area (Å²) < 4.78 is 2.04. The maximum Gasteiger partial charge on any atom is 0.275 e. The normalized spacial score (nSPS) is 12.3. The van der Waals surface area contributed by atoms with Gasteiger partial charge in [0.05, 0.1) is 22.3 Å². The van der Waals surface area contributed by atoms with Crippen LogP contribution in [-0.4, -0.2) is 15.7 Å². The lowest BCUT2D eigenvalue weighted by molar-refractivity contribution is -0.122. The molecule has 0 bridgehead atoms. The highest BCUT2D eigenvalue weighted by Gasteiger charge is 2.14. The third-order valence-corrected chi connectivity index (χ3v) is 5.29. The Balaban J connectivity index is 1.55. The van der Waals surface area contributed by atoms with Crippen LogP contribution in [0, 0.1) is 0 Å². The lowest BCUT2D eigenvalue weighted by atomic mass is 10.00. The first kappa shape index (κ1) is 16.5. The molecule has 4 aromatic rings. The molecule has 0 saturated heterocycles. The van der Waals surface area contributed by atoms with E-state index in [-0.39, 0.29) is 24.1 Å². The number of aromatic nitrogens is 2. The largest absolute Gasteiger partial charge is 0.348 e. The van der Waals surface area contributed by atoms with Gasteiger partial charge in [0.1, 0.15) is 6.54 Å². The number of carbonyl (C=O) groups is 1. The van der Waals surface area contributed by atoms with Crippen LogP contribution in [0.15, 0.2) is 64.9 Å². The highest BCUT2D eigenvalue weighted by Crippen LogP contribution is 2.24. The van der Waals surface area contributed by atoms with E-state index < -0.39 is 0 Å². The van der Waals surface area contributed by atoms with Crippen LogP contribution in [0.1, 0.15) is 18.5 Å². The molecule has 26 heavy (non-hydrogen) atoms. The number of fused-ring (bicyclic) bond motifs is 2. The number of amides is 1. The minimum atomic E-state index is -0.241. The van der Waals surface area contributed by atoms with Gasteiger partial charge in [-0.3, -0.25) is 9.59 Å². The molecule has 2 aromatic heterocycles. The number of nitrogens with one attached hydrogen (secondary N) is 1. The van der Waals surface area contributed by atoms with Crippen LogP contribution in [0.25, 0.3) is 20.9 Å². The van der Waals surface area contributed by atoms with Crippen LogP contribution in [0.2, 0.25) is 0 Å². The third kappa shape index (κ3) is 2.99. The second-order valence-corrected chi connectivity index (χ2v) is 7.11. The minimum absolute atomic E-state index is 0.0975. The van der Waals surface area contributed by atoms with Crippen molar-refractivity contribution in [1.29, 1.82) is 0 Å². The average molecular weight is 363 g/mol. The van der Waals surface area contributed by atoms with Crippen molar-refractivity contribution in [2.24, 2.45) is 0 Å². The van der Waals surface area contributed by atoms with Gasteiger partial charge in [-0.2, -0.15) is 5.10 Å². The third-order valence-electron chi connectivity index (χ3n) is 4.44. The highest BCUT2D eigenvalue weighted by atomic mass is 32.1. The zero-order valence-corrected chi connectivity index (χ0v) is 15.0. The molecule has 0 aliphatic rings. The molecule has 0 saturated carbocycles. The molecule has 130 valence electrons. The fraction of sp³-hybridized carbons (Fsp3) is 0.150. The Bertz CT molecular complexity index is 1160. The second kappa shape index (κ2) is 6.72. The summed E-state index contributed by atoms with van der Waals surface area (Å²) >= 11 is 1.46. The lowest BCUT2D eigenvalue weighted by Crippen LogP contribution is -2.34. The molecule has 0 unspecified atom stereocenters. The van der Waals surface area contributed by atoms with Gasteiger partial charge in [0, 0.05) is 0 Å². The summed E-state index contributed by atoms with van der Waals surface area (Å²) in [6, 6.07) is 15.7. The monoisotopic (exact) mass is 363 g/mol. The first-order valence-electron chi connectivity index (χ1n) is 8.34. The molecular weight excluding hydrogens is 346 g/mol. The van der Waals surface area contributed by atoms with Crippen LogP contribution < -0.4 is 10.9 Å².